The third-order valence-corrected chi connectivity index (χ3v) is 4.16. The Bertz CT molecular complexity index is 183. The van der Waals surface area contributed by atoms with E-state index >= 15 is 0 Å². The van der Waals surface area contributed by atoms with E-state index in [1.807, 2.05) is 11.8 Å². The second-order valence-corrected chi connectivity index (χ2v) is 6.14. The van der Waals surface area contributed by atoms with Crippen LogP contribution in [0.4, 0.5) is 0 Å². The van der Waals surface area contributed by atoms with Crippen LogP contribution in [0.5, 0.6) is 0 Å². The van der Waals surface area contributed by atoms with Gasteiger partial charge in [-0.15, -0.1) is 0 Å². The van der Waals surface area contributed by atoms with E-state index in [0.717, 1.165) is 30.3 Å². The van der Waals surface area contributed by atoms with Crippen LogP contribution in [0.25, 0.3) is 0 Å². The van der Waals surface area contributed by atoms with E-state index in [2.05, 4.69) is 13.8 Å². The van der Waals surface area contributed by atoms with Gasteiger partial charge in [0.2, 0.25) is 0 Å². The van der Waals surface area contributed by atoms with Gasteiger partial charge < -0.3 is 0 Å². The van der Waals surface area contributed by atoms with E-state index in [0.29, 0.717) is 11.7 Å². The first-order valence-corrected chi connectivity index (χ1v) is 7.46. The second-order valence-electron chi connectivity index (χ2n) is 5.04. The maximum absolute atomic E-state index is 11.8. The van der Waals surface area contributed by atoms with Crippen molar-refractivity contribution >= 4 is 17.5 Å². The zero-order valence-corrected chi connectivity index (χ0v) is 10.9. The minimum atomic E-state index is 0.408. The molecular weight excluding hydrogens is 204 g/mol. The van der Waals surface area contributed by atoms with E-state index in [9.17, 15) is 4.79 Å². The number of carbonyl (C=O) groups excluding carboxylic acids is 1. The summed E-state index contributed by atoms with van der Waals surface area (Å²) in [7, 11) is 0. The Balaban J connectivity index is 2.07. The van der Waals surface area contributed by atoms with Crippen molar-refractivity contribution in [3.63, 3.8) is 0 Å². The number of hydrogen-bond acceptors (Lipinski definition) is 2. The zero-order valence-electron chi connectivity index (χ0n) is 10.1. The lowest BCUT2D eigenvalue weighted by Crippen LogP contribution is -2.19. The van der Waals surface area contributed by atoms with Crippen molar-refractivity contribution in [1.29, 1.82) is 0 Å². The molecule has 0 atom stereocenters. The van der Waals surface area contributed by atoms with Crippen LogP contribution >= 0.6 is 11.8 Å². The highest BCUT2D eigenvalue weighted by atomic mass is 32.2. The van der Waals surface area contributed by atoms with E-state index in [-0.39, 0.29) is 0 Å². The molecule has 0 radical (unpaired) electrons. The summed E-state index contributed by atoms with van der Waals surface area (Å²) in [5.41, 5.74) is 0. The van der Waals surface area contributed by atoms with Gasteiger partial charge in [0, 0.05) is 5.92 Å². The molecule has 1 fully saturated rings. The molecule has 0 amide bonds. The van der Waals surface area contributed by atoms with Crippen molar-refractivity contribution in [3.05, 3.63) is 0 Å². The van der Waals surface area contributed by atoms with Gasteiger partial charge >= 0.3 is 0 Å². The predicted molar refractivity (Wildman–Crippen MR) is 68.4 cm³/mol. The molecule has 0 saturated heterocycles. The molecule has 0 aromatic heterocycles. The Labute approximate surface area is 98.4 Å². The fourth-order valence-corrected chi connectivity index (χ4v) is 3.25. The standard InChI is InChI=1S/C13H24OS/c1-11(2)8-9-15-10-13(14)12-6-4-3-5-7-12/h11-12H,3-10H2,1-2H3. The molecule has 0 heterocycles. The highest BCUT2D eigenvalue weighted by molar-refractivity contribution is 7.99. The molecule has 0 unspecified atom stereocenters. The lowest BCUT2D eigenvalue weighted by atomic mass is 9.87. The van der Waals surface area contributed by atoms with E-state index < -0.39 is 0 Å². The molecule has 1 aliphatic carbocycles. The van der Waals surface area contributed by atoms with E-state index in [4.69, 9.17) is 0 Å². The first kappa shape index (κ1) is 13.1. The lowest BCUT2D eigenvalue weighted by molar-refractivity contribution is -0.121. The van der Waals surface area contributed by atoms with Gasteiger partial charge in [-0.3, -0.25) is 4.79 Å². The van der Waals surface area contributed by atoms with Gasteiger partial charge in [-0.05, 0) is 30.9 Å². The number of rotatable bonds is 6. The molecule has 0 aromatic rings. The molecule has 1 nitrogen and oxygen atoms in total. The number of hydrogen-bond donors (Lipinski definition) is 0. The normalized spacial score (nSPS) is 18.3. The molecule has 1 rings (SSSR count). The summed E-state index contributed by atoms with van der Waals surface area (Å²) in [6, 6.07) is 0. The lowest BCUT2D eigenvalue weighted by Gasteiger charge is -2.20. The van der Waals surface area contributed by atoms with Crippen molar-refractivity contribution in [2.75, 3.05) is 11.5 Å². The second kappa shape index (κ2) is 7.32. The van der Waals surface area contributed by atoms with Gasteiger partial charge in [0.25, 0.3) is 0 Å². The van der Waals surface area contributed by atoms with Crippen molar-refractivity contribution in [1.82, 2.24) is 0 Å². The smallest absolute Gasteiger partial charge is 0.145 e. The molecule has 1 aliphatic rings. The van der Waals surface area contributed by atoms with E-state index in [1.165, 1.54) is 25.7 Å². The van der Waals surface area contributed by atoms with Crippen molar-refractivity contribution in [2.24, 2.45) is 11.8 Å². The molecule has 0 aromatic carbocycles. The molecule has 0 aliphatic heterocycles. The molecule has 0 spiro atoms. The number of carbonyl (C=O) groups is 1. The zero-order chi connectivity index (χ0) is 11.1. The first-order valence-electron chi connectivity index (χ1n) is 6.30. The van der Waals surface area contributed by atoms with Crippen molar-refractivity contribution in [2.45, 2.75) is 52.4 Å². The molecule has 2 heteroatoms. The summed E-state index contributed by atoms with van der Waals surface area (Å²) in [5, 5.41) is 0. The van der Waals surface area contributed by atoms with Crippen LogP contribution in [0.15, 0.2) is 0 Å². The molecular formula is C13H24OS. The average Bonchev–Trinajstić information content (AvgIpc) is 2.25. The van der Waals surface area contributed by atoms with Crippen LogP contribution in [0.3, 0.4) is 0 Å². The quantitative estimate of drug-likeness (QED) is 0.641. The summed E-state index contributed by atoms with van der Waals surface area (Å²) in [6.45, 7) is 4.48. The van der Waals surface area contributed by atoms with Gasteiger partial charge in [-0.1, -0.05) is 33.1 Å². The molecule has 88 valence electrons. The first-order chi connectivity index (χ1) is 7.20. The Morgan fingerprint density at radius 1 is 1.27 bits per heavy atom. The van der Waals surface area contributed by atoms with Crippen LogP contribution in [0.2, 0.25) is 0 Å². The van der Waals surface area contributed by atoms with Gasteiger partial charge in [0.1, 0.15) is 5.78 Å². The minimum absolute atomic E-state index is 0.408. The number of thioether (sulfide) groups is 1. The van der Waals surface area contributed by atoms with Crippen LogP contribution in [-0.4, -0.2) is 17.3 Å². The summed E-state index contributed by atoms with van der Waals surface area (Å²) in [4.78, 5) is 11.8. The predicted octanol–water partition coefficient (Wildman–Crippen LogP) is 3.92. The number of Topliss-reactive ketones (excluding diaryl/α,β-unsaturated/α-hetero) is 1. The van der Waals surface area contributed by atoms with Crippen LogP contribution < -0.4 is 0 Å². The summed E-state index contributed by atoms with van der Waals surface area (Å²) in [6.07, 6.45) is 7.43. The molecule has 0 bridgehead atoms. The Kier molecular flexibility index (Phi) is 6.39. The van der Waals surface area contributed by atoms with Crippen LogP contribution in [0.1, 0.15) is 52.4 Å². The maximum Gasteiger partial charge on any atom is 0.145 e. The molecule has 15 heavy (non-hydrogen) atoms. The van der Waals surface area contributed by atoms with Gasteiger partial charge in [0.05, 0.1) is 5.75 Å². The van der Waals surface area contributed by atoms with Gasteiger partial charge in [-0.25, -0.2) is 0 Å². The summed E-state index contributed by atoms with van der Waals surface area (Å²) < 4.78 is 0. The highest BCUT2D eigenvalue weighted by Gasteiger charge is 2.20. The largest absolute Gasteiger partial charge is 0.298 e. The van der Waals surface area contributed by atoms with Crippen molar-refractivity contribution in [3.8, 4) is 0 Å². The molecule has 0 N–H and O–H groups in total. The average molecular weight is 228 g/mol. The number of ketones is 1. The topological polar surface area (TPSA) is 17.1 Å². The molecule has 1 saturated carbocycles. The summed E-state index contributed by atoms with van der Waals surface area (Å²) in [5.74, 6) is 3.60. The van der Waals surface area contributed by atoms with Crippen LogP contribution in [-0.2, 0) is 4.79 Å². The highest BCUT2D eigenvalue weighted by Crippen LogP contribution is 2.25. The third-order valence-electron chi connectivity index (χ3n) is 3.14. The van der Waals surface area contributed by atoms with Gasteiger partial charge in [-0.2, -0.15) is 11.8 Å². The fraction of sp³-hybridized carbons (Fsp3) is 0.923. The SMILES string of the molecule is CC(C)CCSCC(=O)C1CCCCC1. The summed E-state index contributed by atoms with van der Waals surface area (Å²) >= 11 is 1.83. The third kappa shape index (κ3) is 5.60. The van der Waals surface area contributed by atoms with Crippen molar-refractivity contribution < 1.29 is 4.79 Å². The monoisotopic (exact) mass is 228 g/mol. The van der Waals surface area contributed by atoms with E-state index in [1.54, 1.807) is 0 Å². The maximum atomic E-state index is 11.8. The Morgan fingerprint density at radius 3 is 2.53 bits per heavy atom. The van der Waals surface area contributed by atoms with Gasteiger partial charge in [0.15, 0.2) is 0 Å². The van der Waals surface area contributed by atoms with Crippen LogP contribution in [0, 0.1) is 11.8 Å². The fourth-order valence-electron chi connectivity index (χ4n) is 2.03. The Hall–Kier alpha value is 0.0200. The minimum Gasteiger partial charge on any atom is -0.298 e. The Morgan fingerprint density at radius 2 is 1.93 bits per heavy atom.